The monoisotopic (exact) mass is 562 g/mol. The second-order valence-corrected chi connectivity index (χ2v) is 9.28. The molecule has 0 radical (unpaired) electrons. The van der Waals surface area contributed by atoms with Crippen LogP contribution in [0.1, 0.15) is 24.3 Å². The van der Waals surface area contributed by atoms with E-state index in [0.717, 1.165) is 18.5 Å². The Morgan fingerprint density at radius 1 is 1.40 bits per heavy atom. The van der Waals surface area contributed by atoms with Crippen molar-refractivity contribution in [3.05, 3.63) is 46.9 Å². The lowest BCUT2D eigenvalue weighted by molar-refractivity contribution is -0.124. The number of carboxylic acid groups (broad SMARTS) is 1. The first-order chi connectivity index (χ1) is 18.7. The number of oxazole rings is 1. The van der Waals surface area contributed by atoms with Gasteiger partial charge in [0.1, 0.15) is 24.3 Å². The van der Waals surface area contributed by atoms with Crippen molar-refractivity contribution >= 4 is 35.2 Å². The Labute approximate surface area is 222 Å². The number of hydrogen-bond donors (Lipinski definition) is 2. The van der Waals surface area contributed by atoms with E-state index >= 15 is 0 Å². The van der Waals surface area contributed by atoms with Gasteiger partial charge < -0.3 is 14.8 Å². The van der Waals surface area contributed by atoms with Gasteiger partial charge in [-0.15, -0.1) is 0 Å². The molecule has 1 saturated heterocycles. The molecule has 2 N–H and O–H groups in total. The van der Waals surface area contributed by atoms with E-state index in [9.17, 15) is 32.7 Å². The number of nitrogens with one attached hydrogen (secondary N) is 1. The Kier molecular flexibility index (Phi) is 7.13. The summed E-state index contributed by atoms with van der Waals surface area (Å²) in [5.74, 6) is -1.72. The van der Waals surface area contributed by atoms with Gasteiger partial charge in [0.05, 0.1) is 17.7 Å². The first-order valence-corrected chi connectivity index (χ1v) is 11.4. The number of amides is 3. The highest BCUT2D eigenvalue weighted by Gasteiger charge is 2.48. The van der Waals surface area contributed by atoms with E-state index in [1.165, 1.54) is 21.8 Å². The lowest BCUT2D eigenvalue weighted by Gasteiger charge is -2.20. The maximum Gasteiger partial charge on any atom is 0.413 e. The molecule has 15 nitrogen and oxygen atoms in total. The summed E-state index contributed by atoms with van der Waals surface area (Å²) in [5.41, 5.74) is 7.84. The summed E-state index contributed by atoms with van der Waals surface area (Å²) in [4.78, 5) is 49.2. The molecule has 1 atom stereocenters. The topological polar surface area (TPSA) is 195 Å². The number of rotatable bonds is 7. The number of halogens is 3. The van der Waals surface area contributed by atoms with Crippen molar-refractivity contribution < 1.29 is 37.1 Å². The van der Waals surface area contributed by atoms with Gasteiger partial charge in [0.2, 0.25) is 11.8 Å². The van der Waals surface area contributed by atoms with Gasteiger partial charge in [-0.2, -0.15) is 18.3 Å². The highest BCUT2D eigenvalue weighted by Crippen LogP contribution is 2.38. The molecule has 1 aliphatic heterocycles. The Bertz CT molecular complexity index is 1530. The number of hydrogen-bond acceptors (Lipinski definition) is 8. The molecular weight excluding hydrogens is 541 g/mol. The first kappa shape index (κ1) is 27.9. The number of pyridine rings is 1. The third kappa shape index (κ3) is 5.51. The van der Waals surface area contributed by atoms with Gasteiger partial charge in [0.25, 0.3) is 5.91 Å². The number of carbonyl (C=O) groups is 3. The summed E-state index contributed by atoms with van der Waals surface area (Å²) in [6, 6.07) is 1.66. The Morgan fingerprint density at radius 3 is 2.77 bits per heavy atom. The van der Waals surface area contributed by atoms with E-state index in [0.29, 0.717) is 0 Å². The molecule has 0 spiro atoms. The van der Waals surface area contributed by atoms with Crippen LogP contribution in [-0.4, -0.2) is 68.1 Å². The van der Waals surface area contributed by atoms with Crippen LogP contribution in [0.5, 0.6) is 0 Å². The molecule has 40 heavy (non-hydrogen) atoms. The van der Waals surface area contributed by atoms with E-state index < -0.39 is 42.0 Å². The SMILES string of the molecule is Cn1cc(NC(=O)c2coc(-c3ccnc(N(CC(F)(F)F)C(=O)O)c3)n2)c(N2CC(N=[N+]=[N-])C(C)(C)C2=O)n1. The summed E-state index contributed by atoms with van der Waals surface area (Å²) in [5, 5.41) is 19.7. The number of alkyl halides is 3. The average molecular weight is 562 g/mol. The first-order valence-electron chi connectivity index (χ1n) is 11.4. The average Bonchev–Trinajstić information content (AvgIpc) is 3.56. The summed E-state index contributed by atoms with van der Waals surface area (Å²) in [6.45, 7) is 1.52. The number of carbonyl (C=O) groups excluding carboxylic acids is 2. The minimum Gasteiger partial charge on any atom is -0.465 e. The molecule has 1 unspecified atom stereocenters. The van der Waals surface area contributed by atoms with E-state index in [1.807, 2.05) is 0 Å². The van der Waals surface area contributed by atoms with Crippen LogP contribution in [0.3, 0.4) is 0 Å². The van der Waals surface area contributed by atoms with Crippen LogP contribution in [0.15, 0.2) is 40.3 Å². The van der Waals surface area contributed by atoms with Gasteiger partial charge in [-0.1, -0.05) is 19.0 Å². The molecule has 1 fully saturated rings. The van der Waals surface area contributed by atoms with Gasteiger partial charge >= 0.3 is 12.3 Å². The lowest BCUT2D eigenvalue weighted by atomic mass is 9.88. The van der Waals surface area contributed by atoms with Crippen LogP contribution in [0.2, 0.25) is 0 Å². The molecule has 210 valence electrons. The molecule has 0 saturated carbocycles. The minimum atomic E-state index is -4.81. The van der Waals surface area contributed by atoms with Crippen molar-refractivity contribution in [2.45, 2.75) is 26.1 Å². The van der Waals surface area contributed by atoms with Crippen molar-refractivity contribution in [2.75, 3.05) is 28.2 Å². The number of nitrogens with zero attached hydrogens (tertiary/aromatic N) is 9. The molecule has 3 amide bonds. The standard InChI is InChI=1S/C22H21F3N10O5/c1-21(2)14(30-32-26)8-34(19(21)37)16-12(7-33(3)31-16)28-17(36)13-9-40-18(29-13)11-4-5-27-15(6-11)35(20(38)39)10-22(23,24)25/h4-7,9,14H,8,10H2,1-3H3,(H,28,36)(H,38,39). The van der Waals surface area contributed by atoms with Gasteiger partial charge in [0.15, 0.2) is 11.5 Å². The molecule has 0 bridgehead atoms. The summed E-state index contributed by atoms with van der Waals surface area (Å²) in [7, 11) is 1.57. The third-order valence-electron chi connectivity index (χ3n) is 6.06. The second-order valence-electron chi connectivity index (χ2n) is 9.28. The largest absolute Gasteiger partial charge is 0.465 e. The highest BCUT2D eigenvalue weighted by atomic mass is 19.4. The normalized spacial score (nSPS) is 16.5. The molecule has 18 heteroatoms. The van der Waals surface area contributed by atoms with Crippen LogP contribution < -0.4 is 15.1 Å². The van der Waals surface area contributed by atoms with Crippen LogP contribution >= 0.6 is 0 Å². The quantitative estimate of drug-likeness (QED) is 0.246. The predicted molar refractivity (Wildman–Crippen MR) is 131 cm³/mol. The van der Waals surface area contributed by atoms with Crippen LogP contribution in [0.4, 0.5) is 35.3 Å². The fourth-order valence-corrected chi connectivity index (χ4v) is 3.99. The highest BCUT2D eigenvalue weighted by molar-refractivity contribution is 6.07. The predicted octanol–water partition coefficient (Wildman–Crippen LogP) is 3.82. The van der Waals surface area contributed by atoms with Gasteiger partial charge in [-0.3, -0.25) is 24.1 Å². The maximum atomic E-state index is 13.0. The van der Waals surface area contributed by atoms with E-state index in [2.05, 4.69) is 30.4 Å². The number of aryl methyl sites for hydroxylation is 1. The van der Waals surface area contributed by atoms with Gasteiger partial charge in [-0.25, -0.2) is 14.8 Å². The van der Waals surface area contributed by atoms with Crippen LogP contribution in [-0.2, 0) is 11.8 Å². The Hall–Kier alpha value is -5.12. The fourth-order valence-electron chi connectivity index (χ4n) is 3.99. The van der Waals surface area contributed by atoms with Gasteiger partial charge in [-0.05, 0) is 17.7 Å². The molecule has 0 aliphatic carbocycles. The summed E-state index contributed by atoms with van der Waals surface area (Å²) >= 11 is 0. The molecular formula is C22H21F3N10O5. The van der Waals surface area contributed by atoms with Crippen molar-refractivity contribution in [3.8, 4) is 11.5 Å². The number of azide groups is 1. The number of aromatic nitrogens is 4. The van der Waals surface area contributed by atoms with Crippen LogP contribution in [0, 0.1) is 5.41 Å². The fraction of sp³-hybridized carbons (Fsp3) is 0.364. The maximum absolute atomic E-state index is 13.0. The van der Waals surface area contributed by atoms with E-state index in [4.69, 9.17) is 9.95 Å². The zero-order chi connectivity index (χ0) is 29.4. The minimum absolute atomic E-state index is 0.0113. The van der Waals surface area contributed by atoms with Gasteiger partial charge in [0, 0.05) is 30.3 Å². The van der Waals surface area contributed by atoms with E-state index in [1.54, 1.807) is 20.9 Å². The van der Waals surface area contributed by atoms with Crippen molar-refractivity contribution in [1.29, 1.82) is 0 Å². The lowest BCUT2D eigenvalue weighted by Crippen LogP contribution is -2.38. The summed E-state index contributed by atoms with van der Waals surface area (Å²) < 4.78 is 45.2. The molecule has 0 aromatic carbocycles. The van der Waals surface area contributed by atoms with E-state index in [-0.39, 0.29) is 46.0 Å². The summed E-state index contributed by atoms with van der Waals surface area (Å²) in [6.07, 6.45) is -3.17. The molecule has 4 heterocycles. The molecule has 3 aromatic heterocycles. The molecule has 3 aromatic rings. The Balaban J connectivity index is 1.56. The van der Waals surface area contributed by atoms with Crippen molar-refractivity contribution in [2.24, 2.45) is 17.6 Å². The van der Waals surface area contributed by atoms with Crippen molar-refractivity contribution in [3.63, 3.8) is 0 Å². The third-order valence-corrected chi connectivity index (χ3v) is 6.06. The number of anilines is 3. The van der Waals surface area contributed by atoms with Crippen LogP contribution in [0.25, 0.3) is 21.9 Å². The smallest absolute Gasteiger partial charge is 0.413 e. The zero-order valence-electron chi connectivity index (χ0n) is 21.1. The molecule has 4 rings (SSSR count). The second kappa shape index (κ2) is 10.2. The van der Waals surface area contributed by atoms with Crippen molar-refractivity contribution in [1.82, 2.24) is 19.7 Å². The molecule has 1 aliphatic rings. The zero-order valence-corrected chi connectivity index (χ0v) is 21.1. The Morgan fingerprint density at radius 2 is 2.12 bits per heavy atom.